The van der Waals surface area contributed by atoms with Crippen LogP contribution in [0.3, 0.4) is 0 Å². The van der Waals surface area contributed by atoms with E-state index in [2.05, 4.69) is 5.32 Å². The summed E-state index contributed by atoms with van der Waals surface area (Å²) in [6.45, 7) is 2.86. The minimum Gasteiger partial charge on any atom is -0.491 e. The Labute approximate surface area is 114 Å². The van der Waals surface area contributed by atoms with Gasteiger partial charge in [-0.25, -0.2) is 0 Å². The molecule has 0 bridgehead atoms. The normalized spacial score (nSPS) is 11.8. The van der Waals surface area contributed by atoms with Gasteiger partial charge in [0, 0.05) is 25.8 Å². The molecule has 0 aromatic heterocycles. The van der Waals surface area contributed by atoms with Gasteiger partial charge in [0.2, 0.25) is 0 Å². The number of carbonyl (C=O) groups excluding carboxylic acids is 1. The molecule has 0 saturated heterocycles. The van der Waals surface area contributed by atoms with Crippen LogP contribution >= 0.6 is 0 Å². The summed E-state index contributed by atoms with van der Waals surface area (Å²) in [7, 11) is 5.31. The Balaban J connectivity index is 2.63. The highest BCUT2D eigenvalue weighted by Crippen LogP contribution is 2.19. The molecule has 0 fully saturated rings. The predicted molar refractivity (Wildman–Crippen MR) is 75.7 cm³/mol. The molecular weight excluding hydrogens is 244 g/mol. The van der Waals surface area contributed by atoms with Crippen LogP contribution in [0.15, 0.2) is 24.3 Å². The molecule has 0 aliphatic carbocycles. The van der Waals surface area contributed by atoms with Crippen LogP contribution in [-0.4, -0.2) is 46.4 Å². The average Bonchev–Trinajstić information content (AvgIpc) is 2.42. The quantitative estimate of drug-likeness (QED) is 0.754. The van der Waals surface area contributed by atoms with Gasteiger partial charge in [-0.3, -0.25) is 4.79 Å². The monoisotopic (exact) mass is 266 g/mol. The third-order valence-electron chi connectivity index (χ3n) is 2.69. The van der Waals surface area contributed by atoms with Crippen molar-refractivity contribution in [2.45, 2.75) is 13.0 Å². The van der Waals surface area contributed by atoms with Crippen LogP contribution in [0, 0.1) is 0 Å². The fourth-order valence-corrected chi connectivity index (χ4v) is 1.63. The number of hydrogen-bond acceptors (Lipinski definition) is 5. The molecule has 19 heavy (non-hydrogen) atoms. The molecule has 1 N–H and O–H groups in total. The number of ether oxygens (including phenoxy) is 2. The first kappa shape index (κ1) is 15.3. The number of rotatable bonds is 7. The predicted octanol–water partition coefficient (Wildman–Crippen LogP) is 1.28. The Morgan fingerprint density at radius 2 is 2.16 bits per heavy atom. The van der Waals surface area contributed by atoms with Gasteiger partial charge in [0.1, 0.15) is 18.4 Å². The van der Waals surface area contributed by atoms with E-state index in [1.807, 2.05) is 50.2 Å². The lowest BCUT2D eigenvalue weighted by molar-refractivity contribution is -0.143. The van der Waals surface area contributed by atoms with Gasteiger partial charge in [0.05, 0.1) is 7.11 Å². The van der Waals surface area contributed by atoms with Crippen molar-refractivity contribution in [3.05, 3.63) is 24.3 Å². The maximum Gasteiger partial charge on any atom is 0.326 e. The summed E-state index contributed by atoms with van der Waals surface area (Å²) in [4.78, 5) is 13.5. The number of hydrogen-bond donors (Lipinski definition) is 1. The second kappa shape index (κ2) is 7.63. The van der Waals surface area contributed by atoms with Crippen molar-refractivity contribution in [2.24, 2.45) is 0 Å². The van der Waals surface area contributed by atoms with E-state index in [9.17, 15) is 4.79 Å². The van der Waals surface area contributed by atoms with Crippen LogP contribution in [0.4, 0.5) is 5.69 Å². The zero-order valence-corrected chi connectivity index (χ0v) is 12.0. The molecule has 0 aliphatic rings. The number of carbonyl (C=O) groups is 1. The number of benzene rings is 1. The van der Waals surface area contributed by atoms with Crippen LogP contribution < -0.4 is 15.0 Å². The molecule has 0 spiro atoms. The third kappa shape index (κ3) is 4.79. The van der Waals surface area contributed by atoms with Gasteiger partial charge in [-0.2, -0.15) is 0 Å². The smallest absolute Gasteiger partial charge is 0.326 e. The number of likely N-dealkylation sites (N-methyl/N-ethyl adjacent to an activating group) is 1. The Morgan fingerprint density at radius 3 is 2.74 bits per heavy atom. The van der Waals surface area contributed by atoms with Crippen molar-refractivity contribution in [1.82, 2.24) is 5.32 Å². The third-order valence-corrected chi connectivity index (χ3v) is 2.69. The number of anilines is 1. The highest BCUT2D eigenvalue weighted by atomic mass is 16.5. The highest BCUT2D eigenvalue weighted by molar-refractivity contribution is 5.75. The first-order valence-electron chi connectivity index (χ1n) is 6.29. The molecule has 1 unspecified atom stereocenters. The lowest BCUT2D eigenvalue weighted by Crippen LogP contribution is -2.42. The van der Waals surface area contributed by atoms with Crippen molar-refractivity contribution in [3.8, 4) is 5.75 Å². The largest absolute Gasteiger partial charge is 0.491 e. The first-order valence-corrected chi connectivity index (χ1v) is 6.29. The van der Waals surface area contributed by atoms with E-state index < -0.39 is 6.04 Å². The number of nitrogens with zero attached hydrogens (tertiary/aromatic N) is 1. The summed E-state index contributed by atoms with van der Waals surface area (Å²) in [5.41, 5.74) is 1.05. The second-order valence-electron chi connectivity index (χ2n) is 4.34. The molecule has 1 aromatic carbocycles. The van der Waals surface area contributed by atoms with Gasteiger partial charge in [0.25, 0.3) is 0 Å². The summed E-state index contributed by atoms with van der Waals surface area (Å²) in [6, 6.07) is 7.27. The number of methoxy groups -OCH3 is 1. The maximum atomic E-state index is 11.5. The van der Waals surface area contributed by atoms with Crippen molar-refractivity contribution < 1.29 is 14.3 Å². The van der Waals surface area contributed by atoms with E-state index >= 15 is 0 Å². The lowest BCUT2D eigenvalue weighted by Gasteiger charge is -2.17. The fraction of sp³-hybridized carbons (Fsp3) is 0.500. The van der Waals surface area contributed by atoms with Crippen molar-refractivity contribution in [1.29, 1.82) is 0 Å². The molecule has 1 aromatic rings. The number of esters is 1. The fourth-order valence-electron chi connectivity index (χ4n) is 1.63. The van der Waals surface area contributed by atoms with Crippen LogP contribution in [0.1, 0.15) is 6.92 Å². The van der Waals surface area contributed by atoms with Gasteiger partial charge >= 0.3 is 5.97 Å². The average molecular weight is 266 g/mol. The van der Waals surface area contributed by atoms with Gasteiger partial charge in [0.15, 0.2) is 0 Å². The molecule has 1 atom stereocenters. The molecule has 0 radical (unpaired) electrons. The van der Waals surface area contributed by atoms with Crippen LogP contribution in [0.5, 0.6) is 5.75 Å². The van der Waals surface area contributed by atoms with Crippen LogP contribution in [-0.2, 0) is 9.53 Å². The highest BCUT2D eigenvalue weighted by Gasteiger charge is 2.18. The molecule has 0 aliphatic heterocycles. The van der Waals surface area contributed by atoms with Crippen molar-refractivity contribution in [3.63, 3.8) is 0 Å². The van der Waals surface area contributed by atoms with E-state index in [1.165, 1.54) is 7.11 Å². The first-order chi connectivity index (χ1) is 9.08. The number of nitrogens with one attached hydrogen (secondary N) is 1. The Morgan fingerprint density at radius 1 is 1.42 bits per heavy atom. The lowest BCUT2D eigenvalue weighted by atomic mass is 10.3. The zero-order valence-electron chi connectivity index (χ0n) is 12.0. The Hall–Kier alpha value is -1.75. The van der Waals surface area contributed by atoms with Crippen molar-refractivity contribution >= 4 is 11.7 Å². The molecule has 0 heterocycles. The molecule has 0 saturated carbocycles. The van der Waals surface area contributed by atoms with Gasteiger partial charge in [-0.15, -0.1) is 0 Å². The molecule has 106 valence electrons. The maximum absolute atomic E-state index is 11.5. The Bertz CT molecular complexity index is 407. The molecular formula is C14H22N2O3. The zero-order chi connectivity index (χ0) is 14.3. The summed E-state index contributed by atoms with van der Waals surface area (Å²) >= 11 is 0. The SMILES string of the molecule is CCNC(COc1cccc(N(C)C)c1)C(=O)OC. The standard InChI is InChI=1S/C14H22N2O3/c1-5-15-13(14(17)18-4)10-19-12-8-6-7-11(9-12)16(2)3/h6-9,13,15H,5,10H2,1-4H3. The molecule has 1 rings (SSSR count). The van der Waals surface area contributed by atoms with Gasteiger partial charge in [-0.05, 0) is 18.7 Å². The topological polar surface area (TPSA) is 50.8 Å². The summed E-state index contributed by atoms with van der Waals surface area (Å²) in [5, 5.41) is 3.03. The minimum atomic E-state index is -0.446. The van der Waals surface area contributed by atoms with Gasteiger partial charge < -0.3 is 19.7 Å². The van der Waals surface area contributed by atoms with E-state index in [0.29, 0.717) is 6.54 Å². The summed E-state index contributed by atoms with van der Waals surface area (Å²) in [5.74, 6) is 0.420. The van der Waals surface area contributed by atoms with E-state index in [4.69, 9.17) is 9.47 Å². The summed E-state index contributed by atoms with van der Waals surface area (Å²) < 4.78 is 10.4. The Kier molecular flexibility index (Phi) is 6.15. The van der Waals surface area contributed by atoms with Crippen LogP contribution in [0.2, 0.25) is 0 Å². The van der Waals surface area contributed by atoms with Crippen molar-refractivity contribution in [2.75, 3.05) is 39.3 Å². The minimum absolute atomic E-state index is 0.247. The van der Waals surface area contributed by atoms with Gasteiger partial charge in [-0.1, -0.05) is 13.0 Å². The van der Waals surface area contributed by atoms with E-state index in [0.717, 1.165) is 11.4 Å². The molecule has 5 heteroatoms. The van der Waals surface area contributed by atoms with Crippen LogP contribution in [0.25, 0.3) is 0 Å². The van der Waals surface area contributed by atoms with E-state index in [-0.39, 0.29) is 12.6 Å². The molecule has 0 amide bonds. The summed E-state index contributed by atoms with van der Waals surface area (Å²) in [6.07, 6.45) is 0. The second-order valence-corrected chi connectivity index (χ2v) is 4.34. The van der Waals surface area contributed by atoms with E-state index in [1.54, 1.807) is 0 Å². The molecule has 5 nitrogen and oxygen atoms in total.